The van der Waals surface area contributed by atoms with E-state index in [1.807, 2.05) is 30.3 Å². The number of unbranched alkanes of at least 4 members (excludes halogenated alkanes) is 4. The molecule has 1 aliphatic heterocycles. The first kappa shape index (κ1) is 38.0. The number of thiophene rings is 1. The van der Waals surface area contributed by atoms with Crippen LogP contribution in [0.4, 0.5) is 15.8 Å². The van der Waals surface area contributed by atoms with Gasteiger partial charge < -0.3 is 0 Å². The Hall–Kier alpha value is -4.27. The molecule has 280 valence electrons. The van der Waals surface area contributed by atoms with Crippen LogP contribution in [0.2, 0.25) is 0 Å². The zero-order valence-electron chi connectivity index (χ0n) is 32.0. The van der Waals surface area contributed by atoms with Gasteiger partial charge in [-0.1, -0.05) is 153 Å². The molecule has 3 heterocycles. The van der Waals surface area contributed by atoms with Crippen molar-refractivity contribution in [2.45, 2.75) is 105 Å². The lowest BCUT2D eigenvalue weighted by atomic mass is 9.90. The zero-order chi connectivity index (χ0) is 37.4. The fourth-order valence-electron chi connectivity index (χ4n) is 7.87. The van der Waals surface area contributed by atoms with Crippen LogP contribution in [0, 0.1) is 17.7 Å². The van der Waals surface area contributed by atoms with E-state index >= 15 is 4.39 Å². The molecule has 0 radical (unpaired) electrons. The SMILES string of the molecule is CCCCCC(CC)Cc1ccc(-c2ccc(-c3c4c(c(-c5ccc(-c6ccc(CC(CC)CCCCC)cc6F)cc5)c5nonc35)N=S=N4)s2)cc1. The van der Waals surface area contributed by atoms with Crippen LogP contribution >= 0.6 is 11.3 Å². The van der Waals surface area contributed by atoms with Gasteiger partial charge in [0, 0.05) is 20.9 Å². The van der Waals surface area contributed by atoms with Crippen LogP contribution in [0.5, 0.6) is 0 Å². The summed E-state index contributed by atoms with van der Waals surface area (Å²) in [6, 6.07) is 27.1. The number of aromatic nitrogens is 2. The van der Waals surface area contributed by atoms with Crippen molar-refractivity contribution in [2.24, 2.45) is 20.6 Å². The van der Waals surface area contributed by atoms with Gasteiger partial charge in [0.15, 0.2) is 0 Å². The van der Waals surface area contributed by atoms with E-state index in [-0.39, 0.29) is 5.82 Å². The van der Waals surface area contributed by atoms with E-state index in [0.717, 1.165) is 69.2 Å². The molecule has 5 nitrogen and oxygen atoms in total. The van der Waals surface area contributed by atoms with E-state index in [1.54, 1.807) is 17.4 Å². The van der Waals surface area contributed by atoms with E-state index in [0.29, 0.717) is 22.5 Å². The topological polar surface area (TPSA) is 63.6 Å². The fourth-order valence-corrected chi connectivity index (χ4v) is 9.48. The average Bonchev–Trinajstić information content (AvgIpc) is 3.99. The molecular formula is C46H51FN4OS2. The quantitative estimate of drug-likeness (QED) is 0.0819. The fraction of sp³-hybridized carbons (Fsp3) is 0.391. The van der Waals surface area contributed by atoms with Crippen molar-refractivity contribution in [2.75, 3.05) is 0 Å². The molecule has 0 saturated carbocycles. The molecule has 6 aromatic rings. The van der Waals surface area contributed by atoms with Crippen LogP contribution in [0.3, 0.4) is 0 Å². The Balaban J connectivity index is 1.12. The van der Waals surface area contributed by atoms with Gasteiger partial charge in [0.2, 0.25) is 0 Å². The molecule has 7 rings (SSSR count). The third-order valence-corrected chi connectivity index (χ3v) is 12.8. The highest BCUT2D eigenvalue weighted by Gasteiger charge is 2.28. The summed E-state index contributed by atoms with van der Waals surface area (Å²) < 4.78 is 30.5. The van der Waals surface area contributed by atoms with Gasteiger partial charge in [-0.05, 0) is 81.0 Å². The van der Waals surface area contributed by atoms with Crippen molar-refractivity contribution < 1.29 is 9.02 Å². The van der Waals surface area contributed by atoms with Gasteiger partial charge in [-0.15, -0.1) is 11.3 Å². The van der Waals surface area contributed by atoms with Crippen LogP contribution in [0.1, 0.15) is 103 Å². The maximum Gasteiger partial charge on any atom is 0.146 e. The van der Waals surface area contributed by atoms with Crippen LogP contribution in [-0.2, 0) is 24.2 Å². The highest BCUT2D eigenvalue weighted by Crippen LogP contribution is 2.53. The summed E-state index contributed by atoms with van der Waals surface area (Å²) in [5.74, 6) is 1.15. The molecular weight excluding hydrogens is 708 g/mol. The van der Waals surface area contributed by atoms with Crippen molar-refractivity contribution >= 4 is 45.1 Å². The first-order valence-corrected chi connectivity index (χ1v) is 21.5. The molecule has 0 fully saturated rings. The Morgan fingerprint density at radius 3 is 1.78 bits per heavy atom. The second-order valence-corrected chi connectivity index (χ2v) is 16.5. The van der Waals surface area contributed by atoms with E-state index < -0.39 is 0 Å². The largest absolute Gasteiger partial charge is 0.243 e. The van der Waals surface area contributed by atoms with E-state index in [9.17, 15) is 0 Å². The molecule has 4 aromatic carbocycles. The summed E-state index contributed by atoms with van der Waals surface area (Å²) in [4.78, 5) is 2.23. The number of hydrogen-bond donors (Lipinski definition) is 0. The van der Waals surface area contributed by atoms with Crippen LogP contribution in [0.15, 0.2) is 92.2 Å². The maximum absolute atomic E-state index is 15.5. The van der Waals surface area contributed by atoms with E-state index in [1.165, 1.54) is 85.1 Å². The summed E-state index contributed by atoms with van der Waals surface area (Å²) in [5, 5.41) is 8.80. The molecule has 2 aromatic heterocycles. The Labute approximate surface area is 327 Å². The summed E-state index contributed by atoms with van der Waals surface area (Å²) in [6.45, 7) is 9.06. The lowest BCUT2D eigenvalue weighted by molar-refractivity contribution is 0.315. The number of benzene rings is 4. The minimum Gasteiger partial charge on any atom is -0.243 e. The number of halogens is 1. The molecule has 2 atom stereocenters. The highest BCUT2D eigenvalue weighted by atomic mass is 32.1. The predicted octanol–water partition coefficient (Wildman–Crippen LogP) is 15.1. The first-order valence-electron chi connectivity index (χ1n) is 20.0. The van der Waals surface area contributed by atoms with Crippen LogP contribution in [0.25, 0.3) is 54.2 Å². The van der Waals surface area contributed by atoms with Gasteiger partial charge in [0.25, 0.3) is 0 Å². The van der Waals surface area contributed by atoms with Crippen molar-refractivity contribution in [3.63, 3.8) is 0 Å². The normalized spacial score (nSPS) is 13.4. The minimum atomic E-state index is -0.184. The Bertz CT molecular complexity index is 2250. The summed E-state index contributed by atoms with van der Waals surface area (Å²) in [5.41, 5.74) is 10.6. The Morgan fingerprint density at radius 1 is 0.593 bits per heavy atom. The van der Waals surface area contributed by atoms with Crippen molar-refractivity contribution in [3.8, 4) is 43.1 Å². The average molecular weight is 759 g/mol. The molecule has 54 heavy (non-hydrogen) atoms. The highest BCUT2D eigenvalue weighted by molar-refractivity contribution is 7.58. The first-order chi connectivity index (χ1) is 26.5. The molecule has 2 unspecified atom stereocenters. The maximum atomic E-state index is 15.5. The molecule has 0 amide bonds. The van der Waals surface area contributed by atoms with Gasteiger partial charge in [-0.2, -0.15) is 8.73 Å². The molecule has 0 bridgehead atoms. The van der Waals surface area contributed by atoms with Gasteiger partial charge in [0.05, 0.1) is 16.9 Å². The zero-order valence-corrected chi connectivity index (χ0v) is 33.7. The van der Waals surface area contributed by atoms with Crippen LogP contribution < -0.4 is 0 Å². The lowest BCUT2D eigenvalue weighted by Gasteiger charge is -2.15. The number of fused-ring (bicyclic) bond motifs is 2. The summed E-state index contributed by atoms with van der Waals surface area (Å²) in [6.07, 6.45) is 14.6. The molecule has 8 heteroatoms. The Kier molecular flexibility index (Phi) is 12.6. The third kappa shape index (κ3) is 8.35. The van der Waals surface area contributed by atoms with Crippen molar-refractivity contribution in [1.82, 2.24) is 10.3 Å². The number of nitrogens with zero attached hydrogens (tertiary/aromatic N) is 4. The second kappa shape index (κ2) is 17.9. The van der Waals surface area contributed by atoms with Crippen molar-refractivity contribution in [3.05, 3.63) is 95.8 Å². The van der Waals surface area contributed by atoms with Gasteiger partial charge in [0.1, 0.15) is 28.2 Å². The van der Waals surface area contributed by atoms with Crippen molar-refractivity contribution in [1.29, 1.82) is 0 Å². The standard InChI is InChI=1S/C46H51FN4OS2/c1-5-9-11-13-30(7-3)27-32-15-18-35(19-16-32)39-25-26-40(53-39)42-44-43(48-52-49-44)41(45-46(42)51-54-50-45)36-22-20-34(21-23-36)37-24-17-33(29-38(37)47)28-31(8-4)14-12-10-6-2/h15-26,29-31H,5-14,27-28H2,1-4H3. The second-order valence-electron chi connectivity index (χ2n) is 14.9. The molecule has 0 saturated heterocycles. The van der Waals surface area contributed by atoms with E-state index in [4.69, 9.17) is 13.4 Å². The molecule has 0 N–H and O–H groups in total. The number of hydrogen-bond acceptors (Lipinski definition) is 6. The van der Waals surface area contributed by atoms with E-state index in [2.05, 4.69) is 80.5 Å². The number of rotatable bonds is 18. The monoisotopic (exact) mass is 758 g/mol. The van der Waals surface area contributed by atoms with Gasteiger partial charge in [-0.25, -0.2) is 9.02 Å². The molecule has 0 spiro atoms. The smallest absolute Gasteiger partial charge is 0.146 e. The van der Waals surface area contributed by atoms with Crippen LogP contribution in [-0.4, -0.2) is 10.3 Å². The third-order valence-electron chi connectivity index (χ3n) is 11.2. The summed E-state index contributed by atoms with van der Waals surface area (Å²) >= 11 is 2.90. The van der Waals surface area contributed by atoms with Gasteiger partial charge in [-0.3, -0.25) is 0 Å². The minimum absolute atomic E-state index is 0.184. The summed E-state index contributed by atoms with van der Waals surface area (Å²) in [7, 11) is 0. The molecule has 0 aliphatic carbocycles. The van der Waals surface area contributed by atoms with Gasteiger partial charge >= 0.3 is 0 Å². The lowest BCUT2D eigenvalue weighted by Crippen LogP contribution is -2.04. The molecule has 1 aliphatic rings. The Morgan fingerprint density at radius 2 is 1.15 bits per heavy atom. The predicted molar refractivity (Wildman–Crippen MR) is 226 cm³/mol.